The molecule has 1 rings (SSSR count). The van der Waals surface area contributed by atoms with E-state index in [1.807, 2.05) is 27.7 Å². The molecule has 0 saturated carbocycles. The van der Waals surface area contributed by atoms with Crippen LogP contribution >= 0.6 is 0 Å². The Bertz CT molecular complexity index is 445. The summed E-state index contributed by atoms with van der Waals surface area (Å²) in [5, 5.41) is 2.84. The van der Waals surface area contributed by atoms with Crippen molar-refractivity contribution in [2.45, 2.75) is 46.1 Å². The Hall–Kier alpha value is -1.79. The molecule has 1 heterocycles. The van der Waals surface area contributed by atoms with Crippen LogP contribution < -0.4 is 5.32 Å². The van der Waals surface area contributed by atoms with E-state index >= 15 is 0 Å². The molecule has 1 saturated heterocycles. The van der Waals surface area contributed by atoms with E-state index in [2.05, 4.69) is 5.32 Å². The summed E-state index contributed by atoms with van der Waals surface area (Å²) in [5.41, 5.74) is -0.514. The van der Waals surface area contributed by atoms with Crippen molar-refractivity contribution < 1.29 is 19.1 Å². The van der Waals surface area contributed by atoms with Gasteiger partial charge in [0.2, 0.25) is 11.8 Å². The molecule has 0 spiro atoms. The number of amides is 3. The van der Waals surface area contributed by atoms with Gasteiger partial charge in [0.15, 0.2) is 0 Å². The van der Waals surface area contributed by atoms with Gasteiger partial charge in [-0.05, 0) is 34.1 Å². The first-order valence-corrected chi connectivity index (χ1v) is 8.13. The Morgan fingerprint density at radius 1 is 1.39 bits per heavy atom. The minimum Gasteiger partial charge on any atom is -0.444 e. The second-order valence-electron chi connectivity index (χ2n) is 6.88. The van der Waals surface area contributed by atoms with Crippen molar-refractivity contribution in [3.63, 3.8) is 0 Å². The molecule has 0 aromatic heterocycles. The highest BCUT2D eigenvalue weighted by atomic mass is 16.6. The number of rotatable bonds is 6. The summed E-state index contributed by atoms with van der Waals surface area (Å²) in [6.07, 6.45) is 0.589. The van der Waals surface area contributed by atoms with E-state index < -0.39 is 5.60 Å². The van der Waals surface area contributed by atoms with Crippen molar-refractivity contribution in [1.82, 2.24) is 15.1 Å². The summed E-state index contributed by atoms with van der Waals surface area (Å²) < 4.78 is 5.33. The van der Waals surface area contributed by atoms with Crippen molar-refractivity contribution in [3.8, 4) is 0 Å². The Balaban J connectivity index is 2.28. The van der Waals surface area contributed by atoms with E-state index in [9.17, 15) is 14.4 Å². The van der Waals surface area contributed by atoms with Crippen LogP contribution in [-0.4, -0.2) is 66.5 Å². The van der Waals surface area contributed by atoms with Gasteiger partial charge in [0.1, 0.15) is 5.60 Å². The molecule has 3 amide bonds. The Kier molecular flexibility index (Phi) is 6.84. The zero-order chi connectivity index (χ0) is 17.6. The van der Waals surface area contributed by atoms with Crippen LogP contribution in [0.4, 0.5) is 4.79 Å². The summed E-state index contributed by atoms with van der Waals surface area (Å²) >= 11 is 0. The van der Waals surface area contributed by atoms with Gasteiger partial charge < -0.3 is 19.9 Å². The van der Waals surface area contributed by atoms with Gasteiger partial charge in [-0.15, -0.1) is 0 Å². The van der Waals surface area contributed by atoms with Gasteiger partial charge in [-0.1, -0.05) is 0 Å². The maximum absolute atomic E-state index is 12.0. The van der Waals surface area contributed by atoms with Gasteiger partial charge in [0.05, 0.1) is 5.92 Å². The first kappa shape index (κ1) is 19.3. The summed E-state index contributed by atoms with van der Waals surface area (Å²) in [6.45, 7) is 9.43. The molecule has 132 valence electrons. The number of likely N-dealkylation sites (tertiary alicyclic amines) is 1. The zero-order valence-electron chi connectivity index (χ0n) is 14.8. The number of hydrogen-bond donors (Lipinski definition) is 1. The van der Waals surface area contributed by atoms with Gasteiger partial charge in [0, 0.05) is 39.6 Å². The molecule has 1 aliphatic rings. The van der Waals surface area contributed by atoms with Crippen molar-refractivity contribution in [3.05, 3.63) is 0 Å². The van der Waals surface area contributed by atoms with Crippen molar-refractivity contribution in [1.29, 1.82) is 0 Å². The van der Waals surface area contributed by atoms with Crippen LogP contribution in [0.25, 0.3) is 0 Å². The van der Waals surface area contributed by atoms with Gasteiger partial charge in [0.25, 0.3) is 0 Å². The molecule has 0 bridgehead atoms. The molecule has 0 aliphatic carbocycles. The molecule has 0 aromatic rings. The van der Waals surface area contributed by atoms with E-state index in [0.717, 1.165) is 0 Å². The monoisotopic (exact) mass is 327 g/mol. The lowest BCUT2D eigenvalue weighted by Crippen LogP contribution is -2.39. The minimum absolute atomic E-state index is 0.00670. The summed E-state index contributed by atoms with van der Waals surface area (Å²) in [5.74, 6) is -0.351. The fourth-order valence-electron chi connectivity index (χ4n) is 2.37. The topological polar surface area (TPSA) is 79.0 Å². The smallest absolute Gasteiger partial charge is 0.410 e. The third-order valence-electron chi connectivity index (χ3n) is 3.65. The lowest BCUT2D eigenvalue weighted by atomic mass is 10.1. The molecule has 0 unspecified atom stereocenters. The van der Waals surface area contributed by atoms with E-state index in [4.69, 9.17) is 4.74 Å². The van der Waals surface area contributed by atoms with Gasteiger partial charge >= 0.3 is 6.09 Å². The minimum atomic E-state index is -0.514. The highest BCUT2D eigenvalue weighted by molar-refractivity contribution is 5.89. The number of ether oxygens (including phenoxy) is 1. The molecular weight excluding hydrogens is 298 g/mol. The molecule has 0 radical (unpaired) electrons. The SMILES string of the molecule is CCN(CCCNC(=O)[C@H]1CC(=O)N(C)C1)C(=O)OC(C)(C)C. The number of hydrogen-bond acceptors (Lipinski definition) is 4. The van der Waals surface area contributed by atoms with Crippen LogP contribution in [0, 0.1) is 5.92 Å². The highest BCUT2D eigenvalue weighted by Crippen LogP contribution is 2.15. The third-order valence-corrected chi connectivity index (χ3v) is 3.65. The van der Waals surface area contributed by atoms with Crippen LogP contribution in [-0.2, 0) is 14.3 Å². The standard InChI is InChI=1S/C16H29N3O4/c1-6-19(15(22)23-16(2,3)4)9-7-8-17-14(21)12-10-13(20)18(5)11-12/h12H,6-11H2,1-5H3,(H,17,21)/t12-/m0/s1. The number of nitrogens with one attached hydrogen (secondary N) is 1. The highest BCUT2D eigenvalue weighted by Gasteiger charge is 2.31. The Morgan fingerprint density at radius 2 is 2.04 bits per heavy atom. The van der Waals surface area contributed by atoms with E-state index in [1.54, 1.807) is 16.8 Å². The lowest BCUT2D eigenvalue weighted by molar-refractivity contribution is -0.128. The molecule has 1 N–H and O–H groups in total. The first-order chi connectivity index (χ1) is 10.6. The lowest BCUT2D eigenvalue weighted by Gasteiger charge is -2.26. The number of carbonyl (C=O) groups is 3. The van der Waals surface area contributed by atoms with E-state index in [0.29, 0.717) is 32.6 Å². The van der Waals surface area contributed by atoms with Gasteiger partial charge in [-0.2, -0.15) is 0 Å². The maximum Gasteiger partial charge on any atom is 0.410 e. The molecule has 0 aromatic carbocycles. The van der Waals surface area contributed by atoms with Crippen molar-refractivity contribution in [2.24, 2.45) is 5.92 Å². The first-order valence-electron chi connectivity index (χ1n) is 8.13. The molecule has 1 atom stereocenters. The predicted octanol–water partition coefficient (Wildman–Crippen LogP) is 1.23. The Labute approximate surface area is 138 Å². The molecule has 7 nitrogen and oxygen atoms in total. The van der Waals surface area contributed by atoms with Crippen LogP contribution in [0.1, 0.15) is 40.5 Å². The largest absolute Gasteiger partial charge is 0.444 e. The molecule has 1 aliphatic heterocycles. The average molecular weight is 327 g/mol. The quantitative estimate of drug-likeness (QED) is 0.744. The number of nitrogens with zero attached hydrogens (tertiary/aromatic N) is 2. The second kappa shape index (κ2) is 8.17. The predicted molar refractivity (Wildman–Crippen MR) is 86.9 cm³/mol. The zero-order valence-corrected chi connectivity index (χ0v) is 14.8. The van der Waals surface area contributed by atoms with Crippen LogP contribution in [0.15, 0.2) is 0 Å². The summed E-state index contributed by atoms with van der Waals surface area (Å²) in [4.78, 5) is 38.6. The normalized spacial score (nSPS) is 18.0. The van der Waals surface area contributed by atoms with Crippen LogP contribution in [0.2, 0.25) is 0 Å². The maximum atomic E-state index is 12.0. The summed E-state index contributed by atoms with van der Waals surface area (Å²) in [7, 11) is 1.70. The van der Waals surface area contributed by atoms with E-state index in [1.165, 1.54) is 0 Å². The Morgan fingerprint density at radius 3 is 2.52 bits per heavy atom. The van der Waals surface area contributed by atoms with Gasteiger partial charge in [-0.3, -0.25) is 9.59 Å². The number of carbonyl (C=O) groups excluding carboxylic acids is 3. The molecule has 1 fully saturated rings. The molecule has 7 heteroatoms. The average Bonchev–Trinajstić information content (AvgIpc) is 2.76. The van der Waals surface area contributed by atoms with Crippen LogP contribution in [0.5, 0.6) is 0 Å². The summed E-state index contributed by atoms with van der Waals surface area (Å²) in [6, 6.07) is 0. The van der Waals surface area contributed by atoms with Crippen molar-refractivity contribution >= 4 is 17.9 Å². The fourth-order valence-corrected chi connectivity index (χ4v) is 2.37. The molecular formula is C16H29N3O4. The third kappa shape index (κ3) is 6.46. The van der Waals surface area contributed by atoms with Crippen LogP contribution in [0.3, 0.4) is 0 Å². The fraction of sp³-hybridized carbons (Fsp3) is 0.812. The van der Waals surface area contributed by atoms with Gasteiger partial charge in [-0.25, -0.2) is 4.79 Å². The molecule has 23 heavy (non-hydrogen) atoms. The van der Waals surface area contributed by atoms with Crippen molar-refractivity contribution in [2.75, 3.05) is 33.2 Å². The second-order valence-corrected chi connectivity index (χ2v) is 6.88. The van der Waals surface area contributed by atoms with E-state index in [-0.39, 0.29) is 30.2 Å².